The van der Waals surface area contributed by atoms with Gasteiger partial charge < -0.3 is 10.1 Å². The Balaban J connectivity index is 1.86. The summed E-state index contributed by atoms with van der Waals surface area (Å²) >= 11 is 0. The predicted molar refractivity (Wildman–Crippen MR) is 70.6 cm³/mol. The Kier molecular flexibility index (Phi) is 4.67. The second kappa shape index (κ2) is 6.28. The Bertz CT molecular complexity index is 454. The second-order valence-corrected chi connectivity index (χ2v) is 4.87. The molecule has 1 aliphatic heterocycles. The van der Waals surface area contributed by atoms with Crippen molar-refractivity contribution in [1.82, 2.24) is 10.6 Å². The zero-order valence-corrected chi connectivity index (χ0v) is 11.2. The summed E-state index contributed by atoms with van der Waals surface area (Å²) in [5.74, 6) is -3.22. The fourth-order valence-electron chi connectivity index (χ4n) is 2.22. The molecule has 2 N–H and O–H groups in total. The minimum atomic E-state index is -2.80. The molecule has 4 nitrogen and oxygen atoms in total. The molecule has 110 valence electrons. The smallest absolute Gasteiger partial charge is 0.262 e. The average molecular weight is 284 g/mol. The number of hydrogen-bond acceptors (Lipinski definition) is 3. The normalized spacial score (nSPS) is 22.4. The van der Waals surface area contributed by atoms with Crippen LogP contribution in [0.25, 0.3) is 0 Å². The summed E-state index contributed by atoms with van der Waals surface area (Å²) in [7, 11) is 1.55. The summed E-state index contributed by atoms with van der Waals surface area (Å²) in [6.45, 7) is -0.194. The van der Waals surface area contributed by atoms with Gasteiger partial charge in [0.25, 0.3) is 5.92 Å². The first-order valence-corrected chi connectivity index (χ1v) is 6.48. The Morgan fingerprint density at radius 1 is 1.50 bits per heavy atom. The fraction of sp³-hybridized carbons (Fsp3) is 0.500. The van der Waals surface area contributed by atoms with E-state index in [1.165, 1.54) is 0 Å². The highest BCUT2D eigenvalue weighted by Gasteiger charge is 2.42. The first kappa shape index (κ1) is 14.9. The zero-order chi connectivity index (χ0) is 14.6. The molecule has 1 aromatic rings. The van der Waals surface area contributed by atoms with E-state index in [1.807, 2.05) is 30.3 Å². The molecular weight excluding hydrogens is 266 g/mol. The van der Waals surface area contributed by atoms with Crippen molar-refractivity contribution in [3.05, 3.63) is 35.9 Å². The van der Waals surface area contributed by atoms with Crippen LogP contribution in [-0.4, -0.2) is 38.1 Å². The zero-order valence-electron chi connectivity index (χ0n) is 11.2. The minimum absolute atomic E-state index is 0.253. The molecule has 20 heavy (non-hydrogen) atoms. The number of amides is 1. The number of nitrogens with one attached hydrogen (secondary N) is 2. The van der Waals surface area contributed by atoms with E-state index in [1.54, 1.807) is 7.11 Å². The predicted octanol–water partition coefficient (Wildman–Crippen LogP) is 1.49. The lowest BCUT2D eigenvalue weighted by Gasteiger charge is -2.18. The summed E-state index contributed by atoms with van der Waals surface area (Å²) in [5.41, 5.74) is 0.931. The number of benzene rings is 1. The van der Waals surface area contributed by atoms with Crippen LogP contribution in [0, 0.1) is 0 Å². The Morgan fingerprint density at radius 2 is 2.20 bits per heavy atom. The third-order valence-corrected chi connectivity index (χ3v) is 3.34. The maximum Gasteiger partial charge on any atom is 0.262 e. The third-order valence-electron chi connectivity index (χ3n) is 3.34. The van der Waals surface area contributed by atoms with Crippen LogP contribution in [-0.2, 0) is 9.53 Å². The third kappa shape index (κ3) is 3.74. The Labute approximate surface area is 116 Å². The SMILES string of the molecule is COC(CNC(=O)C1CC(F)(F)CN1)c1ccccc1. The van der Waals surface area contributed by atoms with Crippen molar-refractivity contribution in [3.63, 3.8) is 0 Å². The molecule has 0 spiro atoms. The average Bonchev–Trinajstić information content (AvgIpc) is 2.81. The van der Waals surface area contributed by atoms with Gasteiger partial charge in [0.2, 0.25) is 5.91 Å². The van der Waals surface area contributed by atoms with E-state index in [9.17, 15) is 13.6 Å². The molecule has 1 aromatic carbocycles. The van der Waals surface area contributed by atoms with E-state index in [4.69, 9.17) is 4.74 Å². The number of rotatable bonds is 5. The Morgan fingerprint density at radius 3 is 2.75 bits per heavy atom. The molecule has 2 atom stereocenters. The lowest BCUT2D eigenvalue weighted by atomic mass is 10.1. The quantitative estimate of drug-likeness (QED) is 0.861. The molecule has 6 heteroatoms. The lowest BCUT2D eigenvalue weighted by Crippen LogP contribution is -2.42. The number of ether oxygens (including phenoxy) is 1. The van der Waals surface area contributed by atoms with Crippen molar-refractivity contribution < 1.29 is 18.3 Å². The lowest BCUT2D eigenvalue weighted by molar-refractivity contribution is -0.124. The summed E-state index contributed by atoms with van der Waals surface area (Å²) in [4.78, 5) is 11.8. The first-order chi connectivity index (χ1) is 9.52. The summed E-state index contributed by atoms with van der Waals surface area (Å²) < 4.78 is 31.3. The van der Waals surface area contributed by atoms with E-state index < -0.39 is 30.8 Å². The summed E-state index contributed by atoms with van der Waals surface area (Å²) in [6, 6.07) is 8.59. The van der Waals surface area contributed by atoms with Crippen molar-refractivity contribution in [2.75, 3.05) is 20.2 Å². The highest BCUT2D eigenvalue weighted by atomic mass is 19.3. The Hall–Kier alpha value is -1.53. The van der Waals surface area contributed by atoms with Crippen molar-refractivity contribution >= 4 is 5.91 Å². The van der Waals surface area contributed by atoms with E-state index in [-0.39, 0.29) is 12.6 Å². The molecule has 0 bridgehead atoms. The van der Waals surface area contributed by atoms with Gasteiger partial charge in [0.1, 0.15) is 0 Å². The van der Waals surface area contributed by atoms with E-state index in [2.05, 4.69) is 10.6 Å². The highest BCUT2D eigenvalue weighted by Crippen LogP contribution is 2.25. The summed E-state index contributed by atoms with van der Waals surface area (Å²) in [5, 5.41) is 5.18. The molecule has 1 amide bonds. The van der Waals surface area contributed by atoms with Crippen LogP contribution in [0.5, 0.6) is 0 Å². The van der Waals surface area contributed by atoms with Gasteiger partial charge in [-0.05, 0) is 5.56 Å². The monoisotopic (exact) mass is 284 g/mol. The maximum absolute atomic E-state index is 13.0. The van der Waals surface area contributed by atoms with Crippen molar-refractivity contribution in [2.24, 2.45) is 0 Å². The van der Waals surface area contributed by atoms with Gasteiger partial charge in [-0.1, -0.05) is 30.3 Å². The minimum Gasteiger partial charge on any atom is -0.375 e. The van der Waals surface area contributed by atoms with Gasteiger partial charge in [-0.2, -0.15) is 0 Å². The van der Waals surface area contributed by atoms with Gasteiger partial charge >= 0.3 is 0 Å². The van der Waals surface area contributed by atoms with Crippen LogP contribution in [0.15, 0.2) is 30.3 Å². The van der Waals surface area contributed by atoms with Gasteiger partial charge in [0, 0.05) is 20.1 Å². The van der Waals surface area contributed by atoms with Gasteiger partial charge in [0.15, 0.2) is 0 Å². The summed E-state index contributed by atoms with van der Waals surface area (Å²) in [6.07, 6.45) is -0.746. The molecule has 1 aliphatic rings. The number of carbonyl (C=O) groups is 1. The van der Waals surface area contributed by atoms with Gasteiger partial charge in [0.05, 0.1) is 18.7 Å². The first-order valence-electron chi connectivity index (χ1n) is 6.48. The molecule has 0 radical (unpaired) electrons. The van der Waals surface area contributed by atoms with Crippen LogP contribution >= 0.6 is 0 Å². The number of hydrogen-bond donors (Lipinski definition) is 2. The van der Waals surface area contributed by atoms with Crippen molar-refractivity contribution in [3.8, 4) is 0 Å². The molecule has 1 heterocycles. The van der Waals surface area contributed by atoms with E-state index in [0.29, 0.717) is 0 Å². The standard InChI is InChI=1S/C14H18F2N2O2/c1-20-12(10-5-3-2-4-6-10)8-17-13(19)11-7-14(15,16)9-18-11/h2-6,11-12,18H,7-9H2,1H3,(H,17,19). The number of methoxy groups -OCH3 is 1. The molecular formula is C14H18F2N2O2. The number of alkyl halides is 2. The van der Waals surface area contributed by atoms with E-state index in [0.717, 1.165) is 5.56 Å². The second-order valence-electron chi connectivity index (χ2n) is 4.87. The number of halogens is 2. The van der Waals surface area contributed by atoms with Gasteiger partial charge in [-0.25, -0.2) is 8.78 Å². The van der Waals surface area contributed by atoms with Gasteiger partial charge in [-0.3, -0.25) is 10.1 Å². The molecule has 0 aliphatic carbocycles. The fourth-order valence-corrected chi connectivity index (χ4v) is 2.22. The highest BCUT2D eigenvalue weighted by molar-refractivity contribution is 5.82. The van der Waals surface area contributed by atoms with Crippen molar-refractivity contribution in [2.45, 2.75) is 24.5 Å². The van der Waals surface area contributed by atoms with Crippen LogP contribution in [0.3, 0.4) is 0 Å². The molecule has 1 fully saturated rings. The number of carbonyl (C=O) groups excluding carboxylic acids is 1. The molecule has 0 aromatic heterocycles. The molecule has 2 unspecified atom stereocenters. The molecule has 1 saturated heterocycles. The van der Waals surface area contributed by atoms with Crippen LogP contribution in [0.4, 0.5) is 8.78 Å². The topological polar surface area (TPSA) is 50.4 Å². The van der Waals surface area contributed by atoms with E-state index >= 15 is 0 Å². The van der Waals surface area contributed by atoms with Crippen LogP contribution in [0.2, 0.25) is 0 Å². The van der Waals surface area contributed by atoms with Crippen LogP contribution in [0.1, 0.15) is 18.1 Å². The van der Waals surface area contributed by atoms with Gasteiger partial charge in [-0.15, -0.1) is 0 Å². The molecule has 2 rings (SSSR count). The van der Waals surface area contributed by atoms with Crippen molar-refractivity contribution in [1.29, 1.82) is 0 Å². The maximum atomic E-state index is 13.0. The largest absolute Gasteiger partial charge is 0.375 e. The molecule has 0 saturated carbocycles. The van der Waals surface area contributed by atoms with Crippen LogP contribution < -0.4 is 10.6 Å².